The van der Waals surface area contributed by atoms with Gasteiger partial charge >= 0.3 is 6.16 Å². The van der Waals surface area contributed by atoms with Gasteiger partial charge in [0.25, 0.3) is 0 Å². The molecular weight excluding hydrogens is 427 g/mol. The Morgan fingerprint density at radius 3 is 2.41 bits per heavy atom. The van der Waals surface area contributed by atoms with Crippen LogP contribution in [0.2, 0.25) is 0 Å². The van der Waals surface area contributed by atoms with E-state index in [-0.39, 0.29) is 29.0 Å². The van der Waals surface area contributed by atoms with Gasteiger partial charge in [-0.3, -0.25) is 4.79 Å². The van der Waals surface area contributed by atoms with E-state index in [0.717, 1.165) is 22.9 Å². The first-order chi connectivity index (χ1) is 15.2. The number of carbonyl (C=O) groups is 1. The molecule has 3 aromatic rings. The number of hydrogen-bond donors (Lipinski definition) is 2. The van der Waals surface area contributed by atoms with Crippen LogP contribution < -0.4 is 20.4 Å². The number of anilines is 1. The fourth-order valence-electron chi connectivity index (χ4n) is 4.18. The first kappa shape index (κ1) is 21.7. The largest absolute Gasteiger partial charge is 0.511 e. The predicted molar refractivity (Wildman–Crippen MR) is 112 cm³/mol. The third kappa shape index (κ3) is 3.77. The predicted octanol–water partition coefficient (Wildman–Crippen LogP) is 3.65. The number of halogens is 3. The molecule has 4 rings (SSSR count). The van der Waals surface area contributed by atoms with Gasteiger partial charge < -0.3 is 24.6 Å². The Kier molecular flexibility index (Phi) is 5.55. The number of aromatic nitrogens is 1. The number of rotatable bonds is 3. The second kappa shape index (κ2) is 8.19. The van der Waals surface area contributed by atoms with Crippen LogP contribution in [0, 0.1) is 17.5 Å². The van der Waals surface area contributed by atoms with Crippen LogP contribution in [0.4, 0.5) is 23.7 Å². The molecule has 1 fully saturated rings. The summed E-state index contributed by atoms with van der Waals surface area (Å²) in [6, 6.07) is 6.09. The van der Waals surface area contributed by atoms with Crippen molar-refractivity contribution in [2.45, 2.75) is 25.9 Å². The van der Waals surface area contributed by atoms with Crippen LogP contribution in [0.1, 0.15) is 13.8 Å². The van der Waals surface area contributed by atoms with E-state index in [1.165, 1.54) is 23.1 Å². The fourth-order valence-corrected chi connectivity index (χ4v) is 4.18. The zero-order chi connectivity index (χ0) is 23.2. The molecule has 0 saturated carbocycles. The minimum Gasteiger partial charge on any atom is -0.449 e. The summed E-state index contributed by atoms with van der Waals surface area (Å²) in [6.45, 7) is 4.39. The number of nitrogens with one attached hydrogen (secondary N) is 1. The van der Waals surface area contributed by atoms with Gasteiger partial charge in [0, 0.05) is 25.2 Å². The van der Waals surface area contributed by atoms with Gasteiger partial charge in [-0.05, 0) is 32.0 Å². The lowest BCUT2D eigenvalue weighted by atomic mass is 10.1. The summed E-state index contributed by atoms with van der Waals surface area (Å²) in [4.78, 5) is 25.3. The van der Waals surface area contributed by atoms with Crippen LogP contribution in [-0.4, -0.2) is 41.0 Å². The maximum absolute atomic E-state index is 15.9. The molecule has 2 N–H and O–H groups in total. The van der Waals surface area contributed by atoms with E-state index in [1.54, 1.807) is 0 Å². The summed E-state index contributed by atoms with van der Waals surface area (Å²) in [5.74, 6) is -3.50. The average molecular weight is 447 g/mol. The van der Waals surface area contributed by atoms with Crippen molar-refractivity contribution in [2.75, 3.05) is 18.0 Å². The molecule has 32 heavy (non-hydrogen) atoms. The first-order valence-electron chi connectivity index (χ1n) is 9.91. The molecule has 0 amide bonds. The lowest BCUT2D eigenvalue weighted by Gasteiger charge is -2.38. The van der Waals surface area contributed by atoms with Crippen LogP contribution in [0.15, 0.2) is 41.3 Å². The van der Waals surface area contributed by atoms with Crippen molar-refractivity contribution >= 4 is 22.7 Å². The number of pyridine rings is 1. The summed E-state index contributed by atoms with van der Waals surface area (Å²) in [5.41, 5.74) is -1.91. The third-order valence-corrected chi connectivity index (χ3v) is 5.31. The second-order valence-electron chi connectivity index (χ2n) is 7.80. The lowest BCUT2D eigenvalue weighted by molar-refractivity contribution is 0.144. The smallest absolute Gasteiger partial charge is 0.449 e. The Morgan fingerprint density at radius 2 is 1.78 bits per heavy atom. The number of nitrogens with zero attached hydrogens (tertiary/aromatic N) is 2. The average Bonchev–Trinajstić information content (AvgIpc) is 2.70. The molecule has 1 aromatic heterocycles. The lowest BCUT2D eigenvalue weighted by Crippen LogP contribution is -2.54. The Labute approximate surface area is 180 Å². The quantitative estimate of drug-likeness (QED) is 0.597. The maximum atomic E-state index is 15.9. The Bertz CT molecular complexity index is 1270. The van der Waals surface area contributed by atoms with Crippen LogP contribution in [-0.2, 0) is 0 Å². The van der Waals surface area contributed by atoms with E-state index < -0.39 is 40.2 Å². The number of benzene rings is 2. The molecule has 0 spiro atoms. The summed E-state index contributed by atoms with van der Waals surface area (Å²) >= 11 is 0. The molecule has 10 heteroatoms. The minimum absolute atomic E-state index is 0.0478. The SMILES string of the molecule is CC1CN(c2c(F)cc3c(=O)c(OC(=O)O)cn(-c4ccccc4F)c3c2F)CC(C)N1. The number of ether oxygens (including phenoxy) is 1. The molecule has 7 nitrogen and oxygen atoms in total. The number of carboxylic acid groups (broad SMARTS) is 1. The number of piperazine rings is 1. The van der Waals surface area contributed by atoms with Crippen LogP contribution >= 0.6 is 0 Å². The Morgan fingerprint density at radius 1 is 1.12 bits per heavy atom. The number of hydrogen-bond acceptors (Lipinski definition) is 5. The highest BCUT2D eigenvalue weighted by molar-refractivity contribution is 5.87. The molecule has 1 saturated heterocycles. The van der Waals surface area contributed by atoms with Crippen LogP contribution in [0.5, 0.6) is 5.75 Å². The van der Waals surface area contributed by atoms with E-state index in [1.807, 2.05) is 13.8 Å². The van der Waals surface area contributed by atoms with Gasteiger partial charge in [0.2, 0.25) is 5.43 Å². The highest BCUT2D eigenvalue weighted by atomic mass is 19.1. The standard InChI is InChI=1S/C22H20F3N3O4/c1-11-8-27(9-12(2)26-11)20-15(24)7-13-19(18(20)25)28(16-6-4-3-5-14(16)23)10-17(21(13)29)32-22(30)31/h3-7,10-12,26H,8-9H2,1-2H3,(H,30,31). The third-order valence-electron chi connectivity index (χ3n) is 5.31. The Balaban J connectivity index is 2.06. The van der Waals surface area contributed by atoms with Gasteiger partial charge in [0.05, 0.1) is 22.8 Å². The molecule has 2 unspecified atom stereocenters. The monoisotopic (exact) mass is 447 g/mol. The highest BCUT2D eigenvalue weighted by Crippen LogP contribution is 2.33. The molecule has 1 aliphatic rings. The van der Waals surface area contributed by atoms with Crippen molar-refractivity contribution in [3.05, 3.63) is 64.2 Å². The number of para-hydroxylation sites is 1. The molecule has 2 atom stereocenters. The van der Waals surface area contributed by atoms with E-state index in [4.69, 9.17) is 5.11 Å². The summed E-state index contributed by atoms with van der Waals surface area (Å²) in [5, 5.41) is 11.7. The van der Waals surface area contributed by atoms with Crippen LogP contribution in [0.25, 0.3) is 16.6 Å². The van der Waals surface area contributed by atoms with Gasteiger partial charge in [-0.25, -0.2) is 18.0 Å². The molecule has 168 valence electrons. The Hall–Kier alpha value is -3.53. The maximum Gasteiger partial charge on any atom is 0.511 e. The molecule has 0 radical (unpaired) electrons. The molecule has 1 aliphatic heterocycles. The molecule has 2 aromatic carbocycles. The molecule has 2 heterocycles. The molecule has 0 bridgehead atoms. The van der Waals surface area contributed by atoms with Crippen molar-refractivity contribution in [3.63, 3.8) is 0 Å². The fraction of sp³-hybridized carbons (Fsp3) is 0.273. The topological polar surface area (TPSA) is 83.8 Å². The first-order valence-corrected chi connectivity index (χ1v) is 9.91. The van der Waals surface area contributed by atoms with Crippen LogP contribution in [0.3, 0.4) is 0 Å². The van der Waals surface area contributed by atoms with Crippen molar-refractivity contribution in [1.29, 1.82) is 0 Å². The highest BCUT2D eigenvalue weighted by Gasteiger charge is 2.29. The second-order valence-corrected chi connectivity index (χ2v) is 7.80. The number of fused-ring (bicyclic) bond motifs is 1. The van der Waals surface area contributed by atoms with E-state index >= 15 is 8.78 Å². The molecular formula is C22H20F3N3O4. The zero-order valence-corrected chi connectivity index (χ0v) is 17.2. The summed E-state index contributed by atoms with van der Waals surface area (Å²) in [6.07, 6.45) is -0.895. The van der Waals surface area contributed by atoms with Gasteiger partial charge in [-0.15, -0.1) is 0 Å². The van der Waals surface area contributed by atoms with E-state index in [2.05, 4.69) is 10.1 Å². The summed E-state index contributed by atoms with van der Waals surface area (Å²) < 4.78 is 51.1. The van der Waals surface area contributed by atoms with Crippen molar-refractivity contribution in [2.24, 2.45) is 0 Å². The van der Waals surface area contributed by atoms with Crippen molar-refractivity contribution in [1.82, 2.24) is 9.88 Å². The zero-order valence-electron chi connectivity index (χ0n) is 17.2. The minimum atomic E-state index is -1.79. The van der Waals surface area contributed by atoms with Gasteiger partial charge in [-0.1, -0.05) is 12.1 Å². The summed E-state index contributed by atoms with van der Waals surface area (Å²) in [7, 11) is 0. The van der Waals surface area contributed by atoms with Crippen molar-refractivity contribution in [3.8, 4) is 11.4 Å². The van der Waals surface area contributed by atoms with Gasteiger partial charge in [0.15, 0.2) is 11.6 Å². The van der Waals surface area contributed by atoms with E-state index in [9.17, 15) is 14.0 Å². The van der Waals surface area contributed by atoms with Gasteiger partial charge in [-0.2, -0.15) is 0 Å². The van der Waals surface area contributed by atoms with E-state index in [0.29, 0.717) is 13.1 Å². The normalized spacial score (nSPS) is 18.7. The van der Waals surface area contributed by atoms with Gasteiger partial charge in [0.1, 0.15) is 17.3 Å². The van der Waals surface area contributed by atoms with Crippen molar-refractivity contribution < 1.29 is 27.8 Å². The molecule has 0 aliphatic carbocycles.